The van der Waals surface area contributed by atoms with Crippen molar-refractivity contribution in [1.82, 2.24) is 4.90 Å². The van der Waals surface area contributed by atoms with Crippen molar-refractivity contribution < 1.29 is 33.0 Å². The number of hydrogen-bond acceptors (Lipinski definition) is 6. The highest BCUT2D eigenvalue weighted by atomic mass is 19.2. The van der Waals surface area contributed by atoms with Crippen LogP contribution in [0.15, 0.2) is 49.1 Å². The summed E-state index contributed by atoms with van der Waals surface area (Å²) in [6.45, 7) is 5.31. The number of benzene rings is 1. The Morgan fingerprint density at radius 3 is 2.44 bits per heavy atom. The maximum absolute atomic E-state index is 14.4. The molecule has 0 fully saturated rings. The van der Waals surface area contributed by atoms with E-state index in [9.17, 15) is 19.0 Å². The van der Waals surface area contributed by atoms with E-state index in [1.165, 1.54) is 18.0 Å². The van der Waals surface area contributed by atoms with Gasteiger partial charge in [0, 0.05) is 13.5 Å². The summed E-state index contributed by atoms with van der Waals surface area (Å²) in [5.41, 5.74) is -0.430. The molecule has 0 saturated heterocycles. The summed E-state index contributed by atoms with van der Waals surface area (Å²) < 4.78 is 43.9. The number of halogens is 2. The molecule has 0 spiro atoms. The normalized spacial score (nSPS) is 20.0. The third-order valence-corrected chi connectivity index (χ3v) is 3.24. The fraction of sp³-hybridized carbons (Fsp3) is 0.250. The van der Waals surface area contributed by atoms with E-state index in [1.807, 2.05) is 0 Å². The Morgan fingerprint density at radius 2 is 1.88 bits per heavy atom. The smallest absolute Gasteiger partial charge is 0.494 e. The SMILES string of the molecule is C=CCC(C)Oc1ccc(F)c(F)c1B1O/C(O)=C\N(C)/C=C(/O)O1. The molecule has 0 aliphatic carbocycles. The molecule has 134 valence electrons. The van der Waals surface area contributed by atoms with Gasteiger partial charge in [0.2, 0.25) is 0 Å². The summed E-state index contributed by atoms with van der Waals surface area (Å²) in [6.07, 6.45) is 3.93. The van der Waals surface area contributed by atoms with Gasteiger partial charge < -0.3 is 29.2 Å². The standard InChI is InChI=1S/C16H18BF2NO5/c1-4-5-10(2)23-12-7-6-11(18)16(19)15(12)17-24-13(21)8-20(3)9-14(22)25-17/h4,6-10,21-22H,1,5H2,2-3H3/b13-8-,14-9-. The van der Waals surface area contributed by atoms with Gasteiger partial charge in [-0.15, -0.1) is 6.58 Å². The number of hydrogen-bond donors (Lipinski definition) is 2. The zero-order chi connectivity index (χ0) is 18.6. The van der Waals surface area contributed by atoms with Crippen LogP contribution in [0, 0.1) is 11.6 Å². The molecule has 0 radical (unpaired) electrons. The van der Waals surface area contributed by atoms with Crippen LogP contribution in [-0.2, 0) is 9.31 Å². The van der Waals surface area contributed by atoms with Crippen LogP contribution in [0.1, 0.15) is 13.3 Å². The van der Waals surface area contributed by atoms with Crippen molar-refractivity contribution in [2.24, 2.45) is 0 Å². The number of aliphatic hydroxyl groups excluding tert-OH is 2. The lowest BCUT2D eigenvalue weighted by atomic mass is 9.77. The summed E-state index contributed by atoms with van der Waals surface area (Å²) in [4.78, 5) is 1.26. The van der Waals surface area contributed by atoms with Gasteiger partial charge in [0.1, 0.15) is 5.75 Å². The second-order valence-electron chi connectivity index (χ2n) is 5.39. The maximum Gasteiger partial charge on any atom is 0.643 e. The fourth-order valence-corrected chi connectivity index (χ4v) is 2.18. The Balaban J connectivity index is 2.45. The van der Waals surface area contributed by atoms with Gasteiger partial charge >= 0.3 is 7.12 Å². The molecule has 1 aliphatic heterocycles. The second kappa shape index (κ2) is 7.82. The van der Waals surface area contributed by atoms with Crippen molar-refractivity contribution in [1.29, 1.82) is 0 Å². The Hall–Kier alpha value is -2.84. The predicted octanol–water partition coefficient (Wildman–Crippen LogP) is 2.70. The van der Waals surface area contributed by atoms with Crippen LogP contribution in [0.25, 0.3) is 0 Å². The molecule has 1 atom stereocenters. The molecule has 0 amide bonds. The molecule has 2 N–H and O–H groups in total. The number of aliphatic hydroxyl groups is 2. The molecule has 1 unspecified atom stereocenters. The molecule has 1 aromatic rings. The first-order valence-corrected chi connectivity index (χ1v) is 7.44. The Labute approximate surface area is 144 Å². The van der Waals surface area contributed by atoms with Crippen LogP contribution in [-0.4, -0.2) is 35.4 Å². The molecule has 25 heavy (non-hydrogen) atoms. The van der Waals surface area contributed by atoms with Crippen LogP contribution in [0.5, 0.6) is 5.75 Å². The molecule has 0 bridgehead atoms. The lowest BCUT2D eigenvalue weighted by molar-refractivity contribution is 0.123. The van der Waals surface area contributed by atoms with E-state index in [0.29, 0.717) is 6.42 Å². The van der Waals surface area contributed by atoms with E-state index in [-0.39, 0.29) is 11.9 Å². The van der Waals surface area contributed by atoms with E-state index in [0.717, 1.165) is 18.5 Å². The van der Waals surface area contributed by atoms with Crippen molar-refractivity contribution in [3.63, 3.8) is 0 Å². The van der Waals surface area contributed by atoms with Gasteiger partial charge in [-0.05, 0) is 19.1 Å². The van der Waals surface area contributed by atoms with Crippen LogP contribution < -0.4 is 10.2 Å². The van der Waals surface area contributed by atoms with Crippen molar-refractivity contribution in [2.45, 2.75) is 19.4 Å². The summed E-state index contributed by atoms with van der Waals surface area (Å²) in [5, 5.41) is 19.5. The van der Waals surface area contributed by atoms with Crippen LogP contribution in [0.2, 0.25) is 0 Å². The average molecular weight is 353 g/mol. The summed E-state index contributed by atoms with van der Waals surface area (Å²) >= 11 is 0. The monoisotopic (exact) mass is 353 g/mol. The van der Waals surface area contributed by atoms with E-state index in [2.05, 4.69) is 6.58 Å². The Bertz CT molecular complexity index is 688. The quantitative estimate of drug-likeness (QED) is 0.627. The highest BCUT2D eigenvalue weighted by Crippen LogP contribution is 2.20. The van der Waals surface area contributed by atoms with Gasteiger partial charge in [-0.3, -0.25) is 0 Å². The zero-order valence-corrected chi connectivity index (χ0v) is 13.8. The highest BCUT2D eigenvalue weighted by Gasteiger charge is 2.38. The minimum absolute atomic E-state index is 0.0484. The molecule has 2 rings (SSSR count). The molecule has 0 aromatic heterocycles. The Morgan fingerprint density at radius 1 is 1.28 bits per heavy atom. The lowest BCUT2D eigenvalue weighted by Gasteiger charge is -2.23. The molecular weight excluding hydrogens is 335 g/mol. The molecule has 1 aliphatic rings. The first-order chi connectivity index (χ1) is 11.8. The molecule has 9 heteroatoms. The van der Waals surface area contributed by atoms with Crippen LogP contribution >= 0.6 is 0 Å². The minimum atomic E-state index is -1.66. The van der Waals surface area contributed by atoms with Gasteiger partial charge in [-0.2, -0.15) is 0 Å². The molecule has 6 nitrogen and oxygen atoms in total. The minimum Gasteiger partial charge on any atom is -0.494 e. The van der Waals surface area contributed by atoms with E-state index in [4.69, 9.17) is 14.0 Å². The Kier molecular flexibility index (Phi) is 5.79. The first-order valence-electron chi connectivity index (χ1n) is 7.44. The maximum atomic E-state index is 14.4. The van der Waals surface area contributed by atoms with Crippen LogP contribution in [0.3, 0.4) is 0 Å². The van der Waals surface area contributed by atoms with Gasteiger partial charge in [0.25, 0.3) is 11.9 Å². The summed E-state index contributed by atoms with van der Waals surface area (Å²) in [6, 6.07) is 2.11. The zero-order valence-electron chi connectivity index (χ0n) is 13.8. The predicted molar refractivity (Wildman–Crippen MR) is 88.0 cm³/mol. The van der Waals surface area contributed by atoms with Crippen molar-refractivity contribution in [3.05, 3.63) is 60.7 Å². The molecule has 1 heterocycles. The molecule has 1 aromatic carbocycles. The van der Waals surface area contributed by atoms with Crippen molar-refractivity contribution >= 4 is 12.6 Å². The number of rotatable bonds is 5. The second-order valence-corrected chi connectivity index (χ2v) is 5.39. The summed E-state index contributed by atoms with van der Waals surface area (Å²) in [5.74, 6) is -3.72. The lowest BCUT2D eigenvalue weighted by Crippen LogP contribution is -2.42. The van der Waals surface area contributed by atoms with Gasteiger partial charge in [-0.1, -0.05) is 6.08 Å². The van der Waals surface area contributed by atoms with Crippen molar-refractivity contribution in [2.75, 3.05) is 7.05 Å². The van der Waals surface area contributed by atoms with Gasteiger partial charge in [0.15, 0.2) is 11.6 Å². The molecular formula is C16H18BF2NO5. The van der Waals surface area contributed by atoms with E-state index >= 15 is 0 Å². The van der Waals surface area contributed by atoms with Gasteiger partial charge in [0.05, 0.1) is 24.0 Å². The highest BCUT2D eigenvalue weighted by molar-refractivity contribution is 6.63. The van der Waals surface area contributed by atoms with E-state index in [1.54, 1.807) is 13.0 Å². The largest absolute Gasteiger partial charge is 0.643 e. The third-order valence-electron chi connectivity index (χ3n) is 3.24. The topological polar surface area (TPSA) is 71.4 Å². The first kappa shape index (κ1) is 18.5. The number of ether oxygens (including phenoxy) is 1. The summed E-state index contributed by atoms with van der Waals surface area (Å²) in [7, 11) is -0.170. The fourth-order valence-electron chi connectivity index (χ4n) is 2.18. The van der Waals surface area contributed by atoms with Crippen molar-refractivity contribution in [3.8, 4) is 5.75 Å². The average Bonchev–Trinajstić information content (AvgIpc) is 2.49. The number of nitrogens with zero attached hydrogens (tertiary/aromatic N) is 1. The van der Waals surface area contributed by atoms with E-state index < -0.39 is 36.1 Å². The van der Waals surface area contributed by atoms with Gasteiger partial charge in [-0.25, -0.2) is 8.78 Å². The third kappa shape index (κ3) is 4.59. The molecule has 0 saturated carbocycles. The van der Waals surface area contributed by atoms with Crippen LogP contribution in [0.4, 0.5) is 8.78 Å².